The molecule has 10 nitrogen and oxygen atoms in total. The summed E-state index contributed by atoms with van der Waals surface area (Å²) in [5, 5.41) is 56.4. The van der Waals surface area contributed by atoms with Crippen LogP contribution in [0.3, 0.4) is 0 Å². The third kappa shape index (κ3) is 4.92. The number of hydrogen-bond acceptors (Lipinski definition) is 9. The van der Waals surface area contributed by atoms with Gasteiger partial charge < -0.3 is 34.5 Å². The van der Waals surface area contributed by atoms with Crippen molar-refractivity contribution in [2.24, 2.45) is 0 Å². The van der Waals surface area contributed by atoms with E-state index in [0.29, 0.717) is 22.3 Å². The van der Waals surface area contributed by atoms with Crippen molar-refractivity contribution in [3.8, 4) is 79.7 Å². The lowest BCUT2D eigenvalue weighted by Crippen LogP contribution is -2.01. The molecule has 0 saturated heterocycles. The number of aromatic hydroxyl groups is 5. The molecule has 7 aromatic carbocycles. The van der Waals surface area contributed by atoms with E-state index in [-0.39, 0.29) is 17.5 Å². The number of aromatic nitrogens is 4. The summed E-state index contributed by atoms with van der Waals surface area (Å²) < 4.78 is 8.80. The van der Waals surface area contributed by atoms with E-state index in [4.69, 9.17) is 9.40 Å². The van der Waals surface area contributed by atoms with Gasteiger partial charge in [0.05, 0.1) is 16.6 Å². The second-order valence-electron chi connectivity index (χ2n) is 13.2. The van der Waals surface area contributed by atoms with E-state index in [1.807, 2.05) is 66.7 Å². The van der Waals surface area contributed by atoms with Crippen molar-refractivity contribution in [2.75, 3.05) is 0 Å². The Morgan fingerprint density at radius 3 is 1.80 bits per heavy atom. The summed E-state index contributed by atoms with van der Waals surface area (Å²) in [5.41, 5.74) is 7.06. The molecule has 0 atom stereocenters. The van der Waals surface area contributed by atoms with Crippen LogP contribution in [0.2, 0.25) is 0 Å². The minimum Gasteiger partial charge on any atom is -0.504 e. The monoisotopic (exact) mass is 720 g/mol. The smallest absolute Gasteiger partial charge is 0.208 e. The van der Waals surface area contributed by atoms with Crippen LogP contribution >= 0.6 is 0 Å². The zero-order chi connectivity index (χ0) is 37.4. The number of rotatable bonds is 5. The molecule has 0 fully saturated rings. The lowest BCUT2D eigenvalue weighted by molar-refractivity contribution is 0.329. The molecule has 0 aliphatic rings. The number of hydrogen-bond donors (Lipinski definition) is 5. The SMILES string of the molecule is Oc1c(O)c(O)c(-c2nc(-c3ccccc3)nc(-c3cccc4c3oc3ccc(-n5c6ccccc6c6ccc(-c7ccccc7)cc65)cc34)n2)c(O)c1O. The van der Waals surface area contributed by atoms with Crippen LogP contribution in [0.5, 0.6) is 28.7 Å². The Kier molecular flexibility index (Phi) is 7.01. The molecule has 0 unspecified atom stereocenters. The van der Waals surface area contributed by atoms with Crippen LogP contribution in [0.25, 0.3) is 94.7 Å². The number of nitrogens with zero attached hydrogens (tertiary/aromatic N) is 4. The standard InChI is InChI=1S/C45H28N4O6/c50-37-36(38(51)40(53)41(54)39(37)52)45-47-43(25-12-5-2-6-13-25)46-44(48-45)31-16-9-15-30-32-23-27(19-21-35(32)55-42(30)31)49-33-17-8-7-14-28(33)29-20-18-26(22-34(29)49)24-10-3-1-4-11-24/h1-23,50-54H. The second-order valence-corrected chi connectivity index (χ2v) is 13.2. The first-order valence-electron chi connectivity index (χ1n) is 17.4. The summed E-state index contributed by atoms with van der Waals surface area (Å²) in [6, 6.07) is 46.0. The van der Waals surface area contributed by atoms with E-state index < -0.39 is 34.3 Å². The molecule has 3 heterocycles. The summed E-state index contributed by atoms with van der Waals surface area (Å²) >= 11 is 0. The Morgan fingerprint density at radius 2 is 1.04 bits per heavy atom. The molecule has 0 aliphatic carbocycles. The van der Waals surface area contributed by atoms with E-state index in [2.05, 4.69) is 69.1 Å². The molecule has 10 rings (SSSR count). The molecule has 5 N–H and O–H groups in total. The number of phenols is 5. The van der Waals surface area contributed by atoms with Crippen LogP contribution in [-0.4, -0.2) is 45.1 Å². The van der Waals surface area contributed by atoms with E-state index in [1.54, 1.807) is 18.2 Å². The van der Waals surface area contributed by atoms with Gasteiger partial charge in [-0.1, -0.05) is 103 Å². The van der Waals surface area contributed by atoms with Gasteiger partial charge in [0, 0.05) is 32.8 Å². The maximum atomic E-state index is 10.8. The Labute approximate surface area is 311 Å². The zero-order valence-corrected chi connectivity index (χ0v) is 28.7. The number of para-hydroxylation sites is 2. The molecular formula is C45H28N4O6. The van der Waals surface area contributed by atoms with Gasteiger partial charge in [0.15, 0.2) is 29.0 Å². The van der Waals surface area contributed by atoms with Crippen molar-refractivity contribution in [3.05, 3.63) is 140 Å². The quantitative estimate of drug-likeness (QED) is 0.0862. The van der Waals surface area contributed by atoms with E-state index in [1.165, 1.54) is 0 Å². The molecule has 264 valence electrons. The maximum Gasteiger partial charge on any atom is 0.208 e. The van der Waals surface area contributed by atoms with Crippen LogP contribution in [0, 0.1) is 0 Å². The zero-order valence-electron chi connectivity index (χ0n) is 28.7. The molecule has 55 heavy (non-hydrogen) atoms. The van der Waals surface area contributed by atoms with Crippen LogP contribution in [-0.2, 0) is 0 Å². The van der Waals surface area contributed by atoms with E-state index in [9.17, 15) is 25.5 Å². The molecule has 3 aromatic heterocycles. The summed E-state index contributed by atoms with van der Waals surface area (Å²) in [4.78, 5) is 13.9. The summed E-state index contributed by atoms with van der Waals surface area (Å²) in [7, 11) is 0. The number of fused-ring (bicyclic) bond motifs is 6. The molecule has 0 bridgehead atoms. The first-order chi connectivity index (χ1) is 26.9. The maximum absolute atomic E-state index is 10.8. The minimum absolute atomic E-state index is 0.135. The second kappa shape index (κ2) is 12.1. The molecule has 10 aromatic rings. The summed E-state index contributed by atoms with van der Waals surface area (Å²) in [6.07, 6.45) is 0. The van der Waals surface area contributed by atoms with Crippen LogP contribution in [0.15, 0.2) is 144 Å². The van der Waals surface area contributed by atoms with Gasteiger partial charge in [-0.15, -0.1) is 0 Å². The lowest BCUT2D eigenvalue weighted by Gasteiger charge is -2.13. The highest BCUT2D eigenvalue weighted by molar-refractivity contribution is 6.12. The fourth-order valence-corrected chi connectivity index (χ4v) is 7.38. The van der Waals surface area contributed by atoms with Crippen molar-refractivity contribution in [1.82, 2.24) is 19.5 Å². The fraction of sp³-hybridized carbons (Fsp3) is 0. The van der Waals surface area contributed by atoms with Crippen molar-refractivity contribution in [3.63, 3.8) is 0 Å². The van der Waals surface area contributed by atoms with Gasteiger partial charge in [0.2, 0.25) is 17.2 Å². The highest BCUT2D eigenvalue weighted by Gasteiger charge is 2.28. The van der Waals surface area contributed by atoms with Gasteiger partial charge >= 0.3 is 0 Å². The predicted molar refractivity (Wildman–Crippen MR) is 212 cm³/mol. The van der Waals surface area contributed by atoms with Gasteiger partial charge in [-0.2, -0.15) is 0 Å². The topological polar surface area (TPSA) is 158 Å². The van der Waals surface area contributed by atoms with Gasteiger partial charge in [0.25, 0.3) is 0 Å². The van der Waals surface area contributed by atoms with E-state index >= 15 is 0 Å². The molecule has 0 radical (unpaired) electrons. The first kappa shape index (κ1) is 31.9. The fourth-order valence-electron chi connectivity index (χ4n) is 7.38. The molecule has 0 saturated carbocycles. The van der Waals surface area contributed by atoms with Crippen LogP contribution in [0.1, 0.15) is 0 Å². The number of phenolic OH excluding ortho intramolecular Hbond substituents is 5. The Morgan fingerprint density at radius 1 is 0.418 bits per heavy atom. The first-order valence-corrected chi connectivity index (χ1v) is 17.4. The average Bonchev–Trinajstić information content (AvgIpc) is 3.78. The number of benzene rings is 7. The summed E-state index contributed by atoms with van der Waals surface area (Å²) in [5.74, 6) is -4.94. The molecule has 0 aliphatic heterocycles. The number of furan rings is 1. The van der Waals surface area contributed by atoms with Crippen molar-refractivity contribution < 1.29 is 29.9 Å². The third-order valence-corrected chi connectivity index (χ3v) is 10.0. The van der Waals surface area contributed by atoms with Crippen LogP contribution < -0.4 is 0 Å². The van der Waals surface area contributed by atoms with Gasteiger partial charge in [-0.25, -0.2) is 15.0 Å². The lowest BCUT2D eigenvalue weighted by atomic mass is 10.0. The highest BCUT2D eigenvalue weighted by atomic mass is 16.4. The average molecular weight is 721 g/mol. The predicted octanol–water partition coefficient (Wildman–Crippen LogP) is 10.1. The van der Waals surface area contributed by atoms with Crippen molar-refractivity contribution in [1.29, 1.82) is 0 Å². The van der Waals surface area contributed by atoms with E-state index in [0.717, 1.165) is 49.4 Å². The molecule has 10 heteroatoms. The molecular weight excluding hydrogens is 693 g/mol. The normalized spacial score (nSPS) is 11.6. The Bertz CT molecular complexity index is 3130. The molecule has 0 amide bonds. The highest BCUT2D eigenvalue weighted by Crippen LogP contribution is 2.54. The Balaban J connectivity index is 1.18. The third-order valence-electron chi connectivity index (χ3n) is 10.0. The Hall–Kier alpha value is -7.85. The van der Waals surface area contributed by atoms with Gasteiger partial charge in [-0.05, 0) is 47.5 Å². The summed E-state index contributed by atoms with van der Waals surface area (Å²) in [6.45, 7) is 0. The minimum atomic E-state index is -1.08. The van der Waals surface area contributed by atoms with Crippen molar-refractivity contribution in [2.45, 2.75) is 0 Å². The van der Waals surface area contributed by atoms with Gasteiger partial charge in [0.1, 0.15) is 16.7 Å². The molecule has 0 spiro atoms. The van der Waals surface area contributed by atoms with Gasteiger partial charge in [-0.3, -0.25) is 0 Å². The largest absolute Gasteiger partial charge is 0.504 e. The van der Waals surface area contributed by atoms with Crippen molar-refractivity contribution >= 4 is 43.7 Å². The van der Waals surface area contributed by atoms with Crippen LogP contribution in [0.4, 0.5) is 0 Å².